The molecule has 0 saturated heterocycles. The van der Waals surface area contributed by atoms with E-state index in [1.165, 1.54) is 23.3 Å². The summed E-state index contributed by atoms with van der Waals surface area (Å²) in [5, 5.41) is 3.37. The molecule has 0 aliphatic rings. The summed E-state index contributed by atoms with van der Waals surface area (Å²) in [4.78, 5) is 1.36. The molecule has 86 valence electrons. The molecular weight excluding hydrogens is 226 g/mol. The lowest BCUT2D eigenvalue weighted by molar-refractivity contribution is 0.469. The first-order chi connectivity index (χ1) is 7.04. The first-order valence-corrected chi connectivity index (χ1v) is 6.67. The summed E-state index contributed by atoms with van der Waals surface area (Å²) >= 11 is 7.79. The zero-order chi connectivity index (χ0) is 11.4. The average molecular weight is 246 g/mol. The van der Waals surface area contributed by atoms with E-state index in [4.69, 9.17) is 11.6 Å². The molecule has 0 amide bonds. The number of thiophene rings is 1. The smallest absolute Gasteiger partial charge is 0.0960 e. The van der Waals surface area contributed by atoms with Crippen molar-refractivity contribution in [3.63, 3.8) is 0 Å². The summed E-state index contributed by atoms with van der Waals surface area (Å²) in [6, 6.07) is 2.66. The van der Waals surface area contributed by atoms with Crippen LogP contribution in [0.5, 0.6) is 0 Å². The Hall–Kier alpha value is -0.0500. The Kier molecular flexibility index (Phi) is 5.10. The van der Waals surface area contributed by atoms with Crippen molar-refractivity contribution < 1.29 is 0 Å². The lowest BCUT2D eigenvalue weighted by Gasteiger charge is -2.15. The number of aryl methyl sites for hydroxylation is 1. The fraction of sp³-hybridized carbons (Fsp3) is 0.667. The van der Waals surface area contributed by atoms with Crippen molar-refractivity contribution in [2.45, 2.75) is 39.7 Å². The molecule has 1 aromatic rings. The Morgan fingerprint density at radius 2 is 2.07 bits per heavy atom. The predicted octanol–water partition coefficient (Wildman–Crippen LogP) is 4.41. The lowest BCUT2D eigenvalue weighted by atomic mass is 10.0. The summed E-state index contributed by atoms with van der Waals surface area (Å²) < 4.78 is 0.926. The minimum Gasteiger partial charge on any atom is -0.312 e. The van der Waals surface area contributed by atoms with Gasteiger partial charge in [-0.1, -0.05) is 25.4 Å². The SMILES string of the molecule is CNC(CCC(C)C)c1cc(C)c(Cl)s1. The first kappa shape index (κ1) is 13.0. The van der Waals surface area contributed by atoms with Crippen LogP contribution in [-0.4, -0.2) is 7.05 Å². The minimum absolute atomic E-state index is 0.462. The standard InChI is InChI=1S/C12H20ClNS/c1-8(2)5-6-10(14-4)11-7-9(3)12(13)15-11/h7-8,10,14H,5-6H2,1-4H3. The highest BCUT2D eigenvalue weighted by molar-refractivity contribution is 7.16. The van der Waals surface area contributed by atoms with Crippen molar-refractivity contribution in [1.29, 1.82) is 0 Å². The zero-order valence-electron chi connectivity index (χ0n) is 9.93. The van der Waals surface area contributed by atoms with E-state index >= 15 is 0 Å². The molecule has 1 N–H and O–H groups in total. The molecule has 0 bridgehead atoms. The molecule has 0 aliphatic carbocycles. The van der Waals surface area contributed by atoms with Crippen LogP contribution in [0.25, 0.3) is 0 Å². The predicted molar refractivity (Wildman–Crippen MR) is 69.9 cm³/mol. The van der Waals surface area contributed by atoms with E-state index in [1.807, 2.05) is 7.05 Å². The van der Waals surface area contributed by atoms with Crippen molar-refractivity contribution in [2.75, 3.05) is 7.05 Å². The molecule has 1 unspecified atom stereocenters. The van der Waals surface area contributed by atoms with Crippen LogP contribution in [-0.2, 0) is 0 Å². The Labute approximate surface area is 102 Å². The van der Waals surface area contributed by atoms with Gasteiger partial charge >= 0.3 is 0 Å². The molecule has 1 atom stereocenters. The topological polar surface area (TPSA) is 12.0 Å². The first-order valence-electron chi connectivity index (χ1n) is 5.47. The summed E-state index contributed by atoms with van der Waals surface area (Å²) in [6.07, 6.45) is 2.44. The molecule has 1 nitrogen and oxygen atoms in total. The van der Waals surface area contributed by atoms with E-state index in [9.17, 15) is 0 Å². The van der Waals surface area contributed by atoms with Crippen LogP contribution >= 0.6 is 22.9 Å². The monoisotopic (exact) mass is 245 g/mol. The third-order valence-corrected chi connectivity index (χ3v) is 4.27. The highest BCUT2D eigenvalue weighted by Crippen LogP contribution is 2.33. The normalized spacial score (nSPS) is 13.5. The van der Waals surface area contributed by atoms with E-state index in [2.05, 4.69) is 32.2 Å². The second-order valence-electron chi connectivity index (χ2n) is 4.42. The summed E-state index contributed by atoms with van der Waals surface area (Å²) in [6.45, 7) is 6.59. The number of halogens is 1. The van der Waals surface area contributed by atoms with Gasteiger partial charge in [-0.25, -0.2) is 0 Å². The zero-order valence-corrected chi connectivity index (χ0v) is 11.5. The molecular formula is C12H20ClNS. The maximum Gasteiger partial charge on any atom is 0.0960 e. The van der Waals surface area contributed by atoms with Crippen molar-refractivity contribution >= 4 is 22.9 Å². The maximum absolute atomic E-state index is 6.08. The van der Waals surface area contributed by atoms with Crippen LogP contribution in [0.3, 0.4) is 0 Å². The third-order valence-electron chi connectivity index (χ3n) is 2.60. The van der Waals surface area contributed by atoms with Gasteiger partial charge in [-0.2, -0.15) is 0 Å². The molecule has 15 heavy (non-hydrogen) atoms. The molecule has 1 rings (SSSR count). The van der Waals surface area contributed by atoms with Gasteiger partial charge in [0.2, 0.25) is 0 Å². The van der Waals surface area contributed by atoms with Gasteiger partial charge in [0.1, 0.15) is 0 Å². The van der Waals surface area contributed by atoms with Gasteiger partial charge in [-0.3, -0.25) is 0 Å². The number of rotatable bonds is 5. The fourth-order valence-corrected chi connectivity index (χ4v) is 2.95. The van der Waals surface area contributed by atoms with Gasteiger partial charge < -0.3 is 5.32 Å². The van der Waals surface area contributed by atoms with Crippen LogP contribution in [0.1, 0.15) is 43.2 Å². The Balaban J connectivity index is 2.65. The van der Waals surface area contributed by atoms with Gasteiger partial charge in [-0.15, -0.1) is 11.3 Å². The van der Waals surface area contributed by atoms with Gasteiger partial charge in [0.25, 0.3) is 0 Å². The van der Waals surface area contributed by atoms with Crippen LogP contribution < -0.4 is 5.32 Å². The molecule has 3 heteroatoms. The highest BCUT2D eigenvalue weighted by Gasteiger charge is 2.13. The van der Waals surface area contributed by atoms with Crippen molar-refractivity contribution in [1.82, 2.24) is 5.32 Å². The van der Waals surface area contributed by atoms with E-state index < -0.39 is 0 Å². The van der Waals surface area contributed by atoms with E-state index in [1.54, 1.807) is 11.3 Å². The molecule has 1 heterocycles. The van der Waals surface area contributed by atoms with Crippen molar-refractivity contribution in [2.24, 2.45) is 5.92 Å². The Morgan fingerprint density at radius 3 is 2.47 bits per heavy atom. The third kappa shape index (κ3) is 3.78. The summed E-state index contributed by atoms with van der Waals surface area (Å²) in [5.41, 5.74) is 1.20. The summed E-state index contributed by atoms with van der Waals surface area (Å²) in [5.74, 6) is 0.761. The van der Waals surface area contributed by atoms with Gasteiger partial charge in [-0.05, 0) is 44.4 Å². The molecule has 0 aliphatic heterocycles. The molecule has 1 aromatic heterocycles. The van der Waals surface area contributed by atoms with Crippen molar-refractivity contribution in [3.8, 4) is 0 Å². The lowest BCUT2D eigenvalue weighted by Crippen LogP contribution is -2.15. The molecule has 0 spiro atoms. The second-order valence-corrected chi connectivity index (χ2v) is 6.10. The van der Waals surface area contributed by atoms with Gasteiger partial charge in [0.15, 0.2) is 0 Å². The molecule has 0 aromatic carbocycles. The van der Waals surface area contributed by atoms with Crippen LogP contribution in [0, 0.1) is 12.8 Å². The number of nitrogens with one attached hydrogen (secondary N) is 1. The highest BCUT2D eigenvalue weighted by atomic mass is 35.5. The van der Waals surface area contributed by atoms with Crippen LogP contribution in [0.4, 0.5) is 0 Å². The number of hydrogen-bond donors (Lipinski definition) is 1. The Morgan fingerprint density at radius 1 is 1.40 bits per heavy atom. The molecule has 0 saturated carbocycles. The largest absolute Gasteiger partial charge is 0.312 e. The summed E-state index contributed by atoms with van der Waals surface area (Å²) in [7, 11) is 2.02. The molecule has 0 fully saturated rings. The second kappa shape index (κ2) is 5.88. The van der Waals surface area contributed by atoms with E-state index in [0.717, 1.165) is 10.3 Å². The molecule has 0 radical (unpaired) electrons. The Bertz CT molecular complexity index is 287. The maximum atomic E-state index is 6.08. The fourth-order valence-electron chi connectivity index (χ4n) is 1.58. The van der Waals surface area contributed by atoms with E-state index in [0.29, 0.717) is 6.04 Å². The van der Waals surface area contributed by atoms with Crippen molar-refractivity contribution in [3.05, 3.63) is 20.8 Å². The van der Waals surface area contributed by atoms with Gasteiger partial charge in [0.05, 0.1) is 4.34 Å². The average Bonchev–Trinajstić information content (AvgIpc) is 2.47. The minimum atomic E-state index is 0.462. The van der Waals surface area contributed by atoms with E-state index in [-0.39, 0.29) is 0 Å². The quantitative estimate of drug-likeness (QED) is 0.811. The van der Waals surface area contributed by atoms with Crippen LogP contribution in [0.15, 0.2) is 6.07 Å². The number of hydrogen-bond acceptors (Lipinski definition) is 2. The van der Waals surface area contributed by atoms with Gasteiger partial charge in [0, 0.05) is 10.9 Å². The van der Waals surface area contributed by atoms with Crippen LogP contribution in [0.2, 0.25) is 4.34 Å².